The first kappa shape index (κ1) is 24.8. The number of hydrogen-bond donors (Lipinski definition) is 1. The molecule has 35 heavy (non-hydrogen) atoms. The normalized spacial score (nSPS) is 19.4. The van der Waals surface area contributed by atoms with Crippen LogP contribution in [0.5, 0.6) is 5.75 Å². The van der Waals surface area contributed by atoms with Crippen LogP contribution in [0.1, 0.15) is 58.1 Å². The van der Waals surface area contributed by atoms with Crippen LogP contribution in [0.4, 0.5) is 24.5 Å². The molecule has 0 saturated carbocycles. The van der Waals surface area contributed by atoms with Crippen molar-refractivity contribution in [3.63, 3.8) is 0 Å². The molecule has 0 unspecified atom stereocenters. The van der Waals surface area contributed by atoms with E-state index in [4.69, 9.17) is 4.74 Å². The van der Waals surface area contributed by atoms with Gasteiger partial charge in [0.2, 0.25) is 0 Å². The molecule has 1 aliphatic carbocycles. The quantitative estimate of drug-likeness (QED) is 0.486. The summed E-state index contributed by atoms with van der Waals surface area (Å²) in [6.07, 6.45) is -2.65. The second-order valence-electron chi connectivity index (χ2n) is 9.82. The van der Waals surface area contributed by atoms with Crippen molar-refractivity contribution >= 4 is 23.1 Å². The molecule has 8 heteroatoms. The van der Waals surface area contributed by atoms with Gasteiger partial charge in [-0.1, -0.05) is 51.5 Å². The van der Waals surface area contributed by atoms with E-state index in [0.29, 0.717) is 40.6 Å². The van der Waals surface area contributed by atoms with Crippen LogP contribution in [0.15, 0.2) is 59.8 Å². The van der Waals surface area contributed by atoms with E-state index in [1.165, 1.54) is 6.07 Å². The second kappa shape index (κ2) is 9.40. The lowest BCUT2D eigenvalue weighted by atomic mass is 9.73. The third-order valence-corrected chi connectivity index (χ3v) is 6.32. The first-order valence-electron chi connectivity index (χ1n) is 11.8. The maximum Gasteiger partial charge on any atom is 0.471 e. The number of allylic oxidation sites excluding steroid dienone is 1. The summed E-state index contributed by atoms with van der Waals surface area (Å²) in [5, 5.41) is 3.20. The Bertz CT molecular complexity index is 1150. The van der Waals surface area contributed by atoms with Gasteiger partial charge in [0.05, 0.1) is 24.0 Å². The molecule has 0 radical (unpaired) electrons. The van der Waals surface area contributed by atoms with Gasteiger partial charge in [-0.2, -0.15) is 13.2 Å². The zero-order valence-corrected chi connectivity index (χ0v) is 20.0. The number of Topliss-reactive ketones (excluding diaryl/α,β-unsaturated/α-hetero) is 1. The van der Waals surface area contributed by atoms with E-state index in [0.717, 1.165) is 12.8 Å². The topological polar surface area (TPSA) is 58.6 Å². The number of para-hydroxylation sites is 2. The zero-order chi connectivity index (χ0) is 25.4. The Labute approximate surface area is 203 Å². The number of nitrogens with zero attached hydrogens (tertiary/aromatic N) is 1. The molecule has 4 rings (SSSR count). The number of nitrogens with one attached hydrogen (secondary N) is 1. The summed E-state index contributed by atoms with van der Waals surface area (Å²) >= 11 is 0. The fourth-order valence-electron chi connectivity index (χ4n) is 4.74. The number of unbranched alkanes of at least 4 members (excludes halogenated alkanes) is 1. The predicted octanol–water partition coefficient (Wildman–Crippen LogP) is 6.57. The third kappa shape index (κ3) is 5.06. The number of ketones is 1. The van der Waals surface area contributed by atoms with Crippen LogP contribution in [0.3, 0.4) is 0 Å². The highest BCUT2D eigenvalue weighted by Gasteiger charge is 2.50. The number of fused-ring (bicyclic) bond motifs is 1. The number of halogens is 3. The summed E-state index contributed by atoms with van der Waals surface area (Å²) in [4.78, 5) is 27.0. The molecule has 5 nitrogen and oxygen atoms in total. The van der Waals surface area contributed by atoms with Crippen LogP contribution in [0.2, 0.25) is 0 Å². The van der Waals surface area contributed by atoms with Gasteiger partial charge in [0.25, 0.3) is 0 Å². The lowest BCUT2D eigenvalue weighted by Crippen LogP contribution is -2.45. The molecule has 0 aromatic heterocycles. The number of anilines is 2. The van der Waals surface area contributed by atoms with E-state index in [9.17, 15) is 22.8 Å². The number of carbonyl (C=O) groups excluding carboxylic acids is 2. The average molecular weight is 487 g/mol. The highest BCUT2D eigenvalue weighted by Crippen LogP contribution is 2.49. The van der Waals surface area contributed by atoms with Crippen molar-refractivity contribution in [1.29, 1.82) is 0 Å². The number of ether oxygens (including phenoxy) is 1. The molecule has 2 aliphatic rings. The molecule has 186 valence electrons. The zero-order valence-electron chi connectivity index (χ0n) is 20.0. The fraction of sp³-hybridized carbons (Fsp3) is 0.407. The molecule has 0 saturated heterocycles. The van der Waals surface area contributed by atoms with Crippen molar-refractivity contribution < 1.29 is 27.5 Å². The molecule has 0 spiro atoms. The summed E-state index contributed by atoms with van der Waals surface area (Å²) in [6.45, 7) is 6.47. The van der Waals surface area contributed by atoms with Gasteiger partial charge in [-0.15, -0.1) is 0 Å². The number of carbonyl (C=O) groups is 2. The van der Waals surface area contributed by atoms with Gasteiger partial charge in [-0.3, -0.25) is 14.5 Å². The molecule has 1 N–H and O–H groups in total. The Morgan fingerprint density at radius 3 is 2.46 bits per heavy atom. The lowest BCUT2D eigenvalue weighted by molar-refractivity contribution is -0.170. The molecular formula is C27H29F3N2O3. The molecule has 1 atom stereocenters. The highest BCUT2D eigenvalue weighted by molar-refractivity contribution is 6.07. The molecular weight excluding hydrogens is 457 g/mol. The summed E-state index contributed by atoms with van der Waals surface area (Å²) < 4.78 is 47.4. The van der Waals surface area contributed by atoms with Crippen molar-refractivity contribution in [2.75, 3.05) is 16.8 Å². The number of hydrogen-bond acceptors (Lipinski definition) is 4. The van der Waals surface area contributed by atoms with Gasteiger partial charge < -0.3 is 10.1 Å². The van der Waals surface area contributed by atoms with Gasteiger partial charge in [0.15, 0.2) is 5.78 Å². The van der Waals surface area contributed by atoms with Crippen molar-refractivity contribution in [2.24, 2.45) is 5.41 Å². The van der Waals surface area contributed by atoms with E-state index in [1.54, 1.807) is 42.5 Å². The van der Waals surface area contributed by atoms with E-state index >= 15 is 0 Å². The molecule has 1 heterocycles. The van der Waals surface area contributed by atoms with Gasteiger partial charge >= 0.3 is 12.1 Å². The SMILES string of the molecule is CCCCOc1ccc([C@@H]2C3=C(CC(C)(C)CC3=O)Nc3ccccc3N2C(=O)C(F)(F)F)cc1. The van der Waals surface area contributed by atoms with Gasteiger partial charge in [-0.05, 0) is 48.1 Å². The largest absolute Gasteiger partial charge is 0.494 e. The second-order valence-corrected chi connectivity index (χ2v) is 9.82. The van der Waals surface area contributed by atoms with E-state index in [2.05, 4.69) is 5.32 Å². The Kier molecular flexibility index (Phi) is 6.66. The molecule has 1 aliphatic heterocycles. The van der Waals surface area contributed by atoms with Crippen LogP contribution in [0, 0.1) is 5.41 Å². The van der Waals surface area contributed by atoms with Crippen LogP contribution < -0.4 is 15.0 Å². The minimum absolute atomic E-state index is 0.0723. The summed E-state index contributed by atoms with van der Waals surface area (Å²) in [5.41, 5.74) is 1.20. The first-order chi connectivity index (χ1) is 16.5. The van der Waals surface area contributed by atoms with Gasteiger partial charge in [-0.25, -0.2) is 0 Å². The third-order valence-electron chi connectivity index (χ3n) is 6.32. The van der Waals surface area contributed by atoms with Gasteiger partial charge in [0.1, 0.15) is 5.75 Å². The minimum Gasteiger partial charge on any atom is -0.494 e. The Balaban J connectivity index is 1.90. The minimum atomic E-state index is -5.13. The van der Waals surface area contributed by atoms with Crippen LogP contribution >= 0.6 is 0 Å². The summed E-state index contributed by atoms with van der Waals surface area (Å²) in [6, 6.07) is 11.7. The molecule has 1 amide bonds. The molecule has 0 fully saturated rings. The average Bonchev–Trinajstić information content (AvgIpc) is 2.92. The summed E-state index contributed by atoms with van der Waals surface area (Å²) in [7, 11) is 0. The van der Waals surface area contributed by atoms with Crippen molar-refractivity contribution in [3.05, 3.63) is 65.4 Å². The van der Waals surface area contributed by atoms with Gasteiger partial charge in [0, 0.05) is 17.7 Å². The molecule has 2 aromatic rings. The number of benzene rings is 2. The maximum absolute atomic E-state index is 13.9. The van der Waals surface area contributed by atoms with Crippen molar-refractivity contribution in [3.8, 4) is 5.75 Å². The first-order valence-corrected chi connectivity index (χ1v) is 11.8. The highest BCUT2D eigenvalue weighted by atomic mass is 19.4. The van der Waals surface area contributed by atoms with Crippen molar-refractivity contribution in [1.82, 2.24) is 0 Å². The van der Waals surface area contributed by atoms with Crippen LogP contribution in [-0.2, 0) is 9.59 Å². The van der Waals surface area contributed by atoms with Crippen LogP contribution in [-0.4, -0.2) is 24.5 Å². The Morgan fingerprint density at radius 2 is 1.80 bits per heavy atom. The smallest absolute Gasteiger partial charge is 0.471 e. The number of alkyl halides is 3. The molecule has 0 bridgehead atoms. The number of amides is 1. The standard InChI is InChI=1S/C27H29F3N2O3/c1-4-5-14-35-18-12-10-17(11-13-18)24-23-20(15-26(2,3)16-22(23)33)31-19-8-6-7-9-21(19)32(24)25(34)27(28,29)30/h6-13,24,31H,4-5,14-16H2,1-3H3/t24-/m1/s1. The van der Waals surface area contributed by atoms with Crippen LogP contribution in [0.25, 0.3) is 0 Å². The Morgan fingerprint density at radius 1 is 1.11 bits per heavy atom. The summed E-state index contributed by atoms with van der Waals surface area (Å²) in [5.74, 6) is -1.72. The fourth-order valence-corrected chi connectivity index (χ4v) is 4.74. The predicted molar refractivity (Wildman–Crippen MR) is 128 cm³/mol. The van der Waals surface area contributed by atoms with E-state index in [-0.39, 0.29) is 28.9 Å². The van der Waals surface area contributed by atoms with E-state index < -0.39 is 18.1 Å². The lowest BCUT2D eigenvalue weighted by Gasteiger charge is -2.37. The monoisotopic (exact) mass is 486 g/mol. The van der Waals surface area contributed by atoms with Crippen molar-refractivity contribution in [2.45, 2.75) is 58.7 Å². The Hall–Kier alpha value is -3.29. The number of rotatable bonds is 5. The maximum atomic E-state index is 13.9. The molecule has 2 aromatic carbocycles. The van der Waals surface area contributed by atoms with E-state index in [1.807, 2.05) is 20.8 Å².